The zero-order chi connectivity index (χ0) is 13.2. The minimum absolute atomic E-state index is 0.292. The molecule has 0 radical (unpaired) electrons. The molecule has 0 aromatic rings. The molecule has 1 rings (SSSR count). The fraction of sp³-hybridized carbons (Fsp3) is 0.933. The molecule has 1 heterocycles. The lowest BCUT2D eigenvalue weighted by molar-refractivity contribution is -0.130. The number of rotatable bonds is 7. The van der Waals surface area contributed by atoms with Crippen LogP contribution in [0.3, 0.4) is 0 Å². The molecular weight excluding hydrogens is 224 g/mol. The predicted molar refractivity (Wildman–Crippen MR) is 76.6 cm³/mol. The van der Waals surface area contributed by atoms with E-state index < -0.39 is 0 Å². The molecule has 0 aliphatic carbocycles. The lowest BCUT2D eigenvalue weighted by Crippen LogP contribution is -2.39. The summed E-state index contributed by atoms with van der Waals surface area (Å²) >= 11 is 0. The van der Waals surface area contributed by atoms with Crippen LogP contribution in [-0.2, 0) is 4.79 Å². The minimum Gasteiger partial charge on any atom is -0.342 e. The molecule has 1 fully saturated rings. The van der Waals surface area contributed by atoms with E-state index in [1.165, 1.54) is 44.9 Å². The number of likely N-dealkylation sites (tertiary alicyclic amines) is 1. The van der Waals surface area contributed by atoms with Crippen LogP contribution in [0.25, 0.3) is 0 Å². The van der Waals surface area contributed by atoms with E-state index >= 15 is 0 Å². The van der Waals surface area contributed by atoms with Gasteiger partial charge in [0.15, 0.2) is 0 Å². The zero-order valence-corrected chi connectivity index (χ0v) is 12.2. The van der Waals surface area contributed by atoms with Gasteiger partial charge in [0.1, 0.15) is 0 Å². The third-order valence-corrected chi connectivity index (χ3v) is 3.62. The first-order chi connectivity index (χ1) is 8.70. The predicted octanol–water partition coefficient (Wildman–Crippen LogP) is 2.80. The molecule has 0 atom stereocenters. The highest BCUT2D eigenvalue weighted by Gasteiger charge is 2.14. The van der Waals surface area contributed by atoms with Gasteiger partial charge in [-0.3, -0.25) is 4.79 Å². The van der Waals surface area contributed by atoms with Crippen molar-refractivity contribution in [1.29, 1.82) is 0 Å². The number of carbonyl (C=O) groups is 1. The smallest absolute Gasteiger partial charge is 0.236 e. The Morgan fingerprint density at radius 1 is 1.11 bits per heavy atom. The Kier molecular flexibility index (Phi) is 8.06. The van der Waals surface area contributed by atoms with Gasteiger partial charge in [0.2, 0.25) is 5.91 Å². The van der Waals surface area contributed by atoms with Gasteiger partial charge in [0.25, 0.3) is 0 Å². The van der Waals surface area contributed by atoms with Crippen LogP contribution in [0.5, 0.6) is 0 Å². The van der Waals surface area contributed by atoms with Crippen molar-refractivity contribution >= 4 is 5.91 Å². The van der Waals surface area contributed by atoms with Crippen LogP contribution in [0.1, 0.15) is 58.8 Å². The summed E-state index contributed by atoms with van der Waals surface area (Å²) in [5, 5.41) is 3.29. The van der Waals surface area contributed by atoms with E-state index in [-0.39, 0.29) is 0 Å². The summed E-state index contributed by atoms with van der Waals surface area (Å²) in [6.07, 6.45) is 8.68. The maximum Gasteiger partial charge on any atom is 0.236 e. The first kappa shape index (κ1) is 15.5. The van der Waals surface area contributed by atoms with Gasteiger partial charge in [-0.05, 0) is 31.7 Å². The minimum atomic E-state index is 0.292. The molecule has 3 nitrogen and oxygen atoms in total. The van der Waals surface area contributed by atoms with Crippen LogP contribution < -0.4 is 5.32 Å². The topological polar surface area (TPSA) is 32.3 Å². The molecule has 0 bridgehead atoms. The zero-order valence-electron chi connectivity index (χ0n) is 12.2. The summed E-state index contributed by atoms with van der Waals surface area (Å²) in [7, 11) is 0. The summed E-state index contributed by atoms with van der Waals surface area (Å²) in [6, 6.07) is 0. The van der Waals surface area contributed by atoms with E-state index in [2.05, 4.69) is 19.2 Å². The molecule has 0 unspecified atom stereocenters. The van der Waals surface area contributed by atoms with Crippen molar-refractivity contribution in [2.24, 2.45) is 5.92 Å². The Morgan fingerprint density at radius 2 is 1.78 bits per heavy atom. The van der Waals surface area contributed by atoms with Gasteiger partial charge in [-0.15, -0.1) is 0 Å². The number of unbranched alkanes of at least 4 members (excludes halogenated alkanes) is 1. The molecule has 1 amide bonds. The second-order valence-electron chi connectivity index (χ2n) is 5.86. The quantitative estimate of drug-likeness (QED) is 0.709. The van der Waals surface area contributed by atoms with Crippen LogP contribution in [-0.4, -0.2) is 37.0 Å². The molecule has 1 N–H and O–H groups in total. The number of nitrogens with one attached hydrogen (secondary N) is 1. The van der Waals surface area contributed by atoms with Crippen molar-refractivity contribution in [1.82, 2.24) is 10.2 Å². The Bertz CT molecular complexity index is 221. The highest BCUT2D eigenvalue weighted by Crippen LogP contribution is 2.09. The van der Waals surface area contributed by atoms with Crippen molar-refractivity contribution in [2.75, 3.05) is 26.2 Å². The van der Waals surface area contributed by atoms with Crippen molar-refractivity contribution in [3.05, 3.63) is 0 Å². The monoisotopic (exact) mass is 254 g/mol. The fourth-order valence-electron chi connectivity index (χ4n) is 2.43. The maximum atomic E-state index is 12.0. The number of amides is 1. The SMILES string of the molecule is CC(C)CCCCNCC(=O)N1CCCCCC1. The van der Waals surface area contributed by atoms with E-state index in [9.17, 15) is 4.79 Å². The van der Waals surface area contributed by atoms with Crippen molar-refractivity contribution in [3.8, 4) is 0 Å². The molecule has 18 heavy (non-hydrogen) atoms. The van der Waals surface area contributed by atoms with Gasteiger partial charge in [-0.25, -0.2) is 0 Å². The van der Waals surface area contributed by atoms with Crippen molar-refractivity contribution in [3.63, 3.8) is 0 Å². The van der Waals surface area contributed by atoms with Crippen LogP contribution in [0, 0.1) is 5.92 Å². The lowest BCUT2D eigenvalue weighted by Gasteiger charge is -2.20. The third-order valence-electron chi connectivity index (χ3n) is 3.62. The fourth-order valence-corrected chi connectivity index (χ4v) is 2.43. The Labute approximate surface area is 112 Å². The van der Waals surface area contributed by atoms with Crippen molar-refractivity contribution < 1.29 is 4.79 Å². The first-order valence-corrected chi connectivity index (χ1v) is 7.68. The average molecular weight is 254 g/mol. The molecule has 0 spiro atoms. The second-order valence-corrected chi connectivity index (χ2v) is 5.86. The van der Waals surface area contributed by atoms with E-state index in [0.29, 0.717) is 12.5 Å². The average Bonchev–Trinajstić information content (AvgIpc) is 2.61. The summed E-state index contributed by atoms with van der Waals surface area (Å²) in [5.41, 5.74) is 0. The van der Waals surface area contributed by atoms with E-state index in [1.54, 1.807) is 0 Å². The van der Waals surface area contributed by atoms with Crippen molar-refractivity contribution in [2.45, 2.75) is 58.8 Å². The Hall–Kier alpha value is -0.570. The standard InChI is InChI=1S/C15H30N2O/c1-14(2)9-5-6-10-16-13-15(18)17-11-7-3-4-8-12-17/h14,16H,3-13H2,1-2H3. The van der Waals surface area contributed by atoms with Gasteiger partial charge in [-0.1, -0.05) is 39.5 Å². The molecule has 3 heteroatoms. The first-order valence-electron chi connectivity index (χ1n) is 7.68. The van der Waals surface area contributed by atoms with Gasteiger partial charge >= 0.3 is 0 Å². The molecule has 0 saturated carbocycles. The molecule has 1 aliphatic rings. The van der Waals surface area contributed by atoms with Crippen LogP contribution in [0.15, 0.2) is 0 Å². The highest BCUT2D eigenvalue weighted by molar-refractivity contribution is 5.78. The van der Waals surface area contributed by atoms with E-state index in [4.69, 9.17) is 0 Å². The van der Waals surface area contributed by atoms with Crippen LogP contribution in [0.4, 0.5) is 0 Å². The summed E-state index contributed by atoms with van der Waals surface area (Å²) < 4.78 is 0. The summed E-state index contributed by atoms with van der Waals surface area (Å²) in [6.45, 7) is 7.96. The number of hydrogen-bond acceptors (Lipinski definition) is 2. The van der Waals surface area contributed by atoms with E-state index in [0.717, 1.165) is 25.6 Å². The second kappa shape index (κ2) is 9.37. The number of hydrogen-bond donors (Lipinski definition) is 1. The van der Waals surface area contributed by atoms with Gasteiger partial charge in [0, 0.05) is 13.1 Å². The molecule has 0 aromatic heterocycles. The molecular formula is C15H30N2O. The summed E-state index contributed by atoms with van der Waals surface area (Å²) in [5.74, 6) is 1.09. The molecule has 1 saturated heterocycles. The van der Waals surface area contributed by atoms with Crippen LogP contribution >= 0.6 is 0 Å². The summed E-state index contributed by atoms with van der Waals surface area (Å²) in [4.78, 5) is 14.0. The number of carbonyl (C=O) groups excluding carboxylic acids is 1. The van der Waals surface area contributed by atoms with Gasteiger partial charge in [-0.2, -0.15) is 0 Å². The molecule has 0 aromatic carbocycles. The Morgan fingerprint density at radius 3 is 2.39 bits per heavy atom. The Balaban J connectivity index is 2.02. The molecule has 1 aliphatic heterocycles. The lowest BCUT2D eigenvalue weighted by atomic mass is 10.1. The highest BCUT2D eigenvalue weighted by atomic mass is 16.2. The van der Waals surface area contributed by atoms with Crippen LogP contribution in [0.2, 0.25) is 0 Å². The normalized spacial score (nSPS) is 16.9. The maximum absolute atomic E-state index is 12.0. The van der Waals surface area contributed by atoms with Gasteiger partial charge in [0.05, 0.1) is 6.54 Å². The number of nitrogens with zero attached hydrogens (tertiary/aromatic N) is 1. The largest absolute Gasteiger partial charge is 0.342 e. The molecule has 106 valence electrons. The third kappa shape index (κ3) is 7.00. The van der Waals surface area contributed by atoms with Gasteiger partial charge < -0.3 is 10.2 Å². The van der Waals surface area contributed by atoms with E-state index in [1.807, 2.05) is 4.90 Å².